The minimum Gasteiger partial charge on any atom is -0.469 e. The van der Waals surface area contributed by atoms with Crippen molar-refractivity contribution in [1.29, 1.82) is 0 Å². The Morgan fingerprint density at radius 3 is 2.41 bits per heavy atom. The third-order valence-electron chi connectivity index (χ3n) is 5.45. The van der Waals surface area contributed by atoms with Crippen LogP contribution >= 0.6 is 0 Å². The highest BCUT2D eigenvalue weighted by Gasteiger charge is 2.34. The highest BCUT2D eigenvalue weighted by Crippen LogP contribution is 2.31. The second kappa shape index (κ2) is 11.0. The maximum absolute atomic E-state index is 12.9. The molecule has 32 heavy (non-hydrogen) atoms. The van der Waals surface area contributed by atoms with Gasteiger partial charge in [-0.25, -0.2) is 8.42 Å². The first kappa shape index (κ1) is 23.6. The summed E-state index contributed by atoms with van der Waals surface area (Å²) in [6.45, 7) is 0.258. The fourth-order valence-corrected chi connectivity index (χ4v) is 5.21. The number of methoxy groups -OCH3 is 2. The van der Waals surface area contributed by atoms with Gasteiger partial charge in [-0.05, 0) is 56.0 Å². The number of nitrogens with one attached hydrogen (secondary N) is 2. The van der Waals surface area contributed by atoms with Crippen molar-refractivity contribution in [2.45, 2.75) is 30.9 Å². The lowest BCUT2D eigenvalue weighted by atomic mass is 9.89. The molecule has 0 unspecified atom stereocenters. The third kappa shape index (κ3) is 6.25. The van der Waals surface area contributed by atoms with Gasteiger partial charge in [-0.2, -0.15) is 0 Å². The normalized spacial score (nSPS) is 18.2. The number of ether oxygens (including phenoxy) is 2. The summed E-state index contributed by atoms with van der Waals surface area (Å²) in [5, 5.41) is 2.57. The molecule has 2 aromatic carbocycles. The quantitative estimate of drug-likeness (QED) is 0.376. The SMILES string of the molecule is COCNc1cc(NS(=O)(=O)C2CCC(C(=O)OC)CC2)ccc1C#Cc1ccccc1. The number of esters is 1. The Kier molecular flexibility index (Phi) is 8.14. The average Bonchev–Trinajstić information content (AvgIpc) is 2.82. The summed E-state index contributed by atoms with van der Waals surface area (Å²) in [4.78, 5) is 11.7. The molecule has 0 amide bonds. The van der Waals surface area contributed by atoms with E-state index in [-0.39, 0.29) is 18.6 Å². The zero-order chi connectivity index (χ0) is 23.0. The first-order chi connectivity index (χ1) is 15.4. The molecule has 1 aliphatic carbocycles. The van der Waals surface area contributed by atoms with E-state index in [2.05, 4.69) is 21.9 Å². The monoisotopic (exact) mass is 456 g/mol. The van der Waals surface area contributed by atoms with Gasteiger partial charge < -0.3 is 14.8 Å². The smallest absolute Gasteiger partial charge is 0.308 e. The first-order valence-electron chi connectivity index (χ1n) is 10.5. The van der Waals surface area contributed by atoms with Crippen LogP contribution < -0.4 is 10.0 Å². The summed E-state index contributed by atoms with van der Waals surface area (Å²) in [5.74, 6) is 5.74. The standard InChI is InChI=1S/C24H28N2O5S/c1-30-17-25-23-16-21(13-10-19(23)9-8-18-6-4-3-5-7-18)26-32(28,29)22-14-11-20(12-15-22)24(27)31-2/h3-7,10,13,16,20,22,25-26H,11-12,14-15,17H2,1-2H3. The molecule has 0 aliphatic heterocycles. The molecule has 1 fully saturated rings. The number of carbonyl (C=O) groups excluding carboxylic acids is 1. The van der Waals surface area contributed by atoms with Crippen LogP contribution in [0.15, 0.2) is 48.5 Å². The van der Waals surface area contributed by atoms with Gasteiger partial charge in [0.05, 0.1) is 29.7 Å². The highest BCUT2D eigenvalue weighted by molar-refractivity contribution is 7.93. The molecule has 8 heteroatoms. The lowest BCUT2D eigenvalue weighted by Crippen LogP contribution is -2.34. The summed E-state index contributed by atoms with van der Waals surface area (Å²) >= 11 is 0. The van der Waals surface area contributed by atoms with E-state index in [1.807, 2.05) is 30.3 Å². The van der Waals surface area contributed by atoms with Crippen LogP contribution in [0.25, 0.3) is 0 Å². The Labute approximate surface area is 189 Å². The molecule has 0 aromatic heterocycles. The van der Waals surface area contributed by atoms with Crippen LogP contribution in [0.3, 0.4) is 0 Å². The molecule has 0 radical (unpaired) electrons. The fourth-order valence-electron chi connectivity index (χ4n) is 3.70. The van der Waals surface area contributed by atoms with E-state index < -0.39 is 15.3 Å². The van der Waals surface area contributed by atoms with Crippen molar-refractivity contribution < 1.29 is 22.7 Å². The van der Waals surface area contributed by atoms with Crippen molar-refractivity contribution in [3.63, 3.8) is 0 Å². The van der Waals surface area contributed by atoms with E-state index in [1.165, 1.54) is 7.11 Å². The molecule has 2 aromatic rings. The van der Waals surface area contributed by atoms with Gasteiger partial charge in [-0.15, -0.1) is 0 Å². The second-order valence-corrected chi connectivity index (χ2v) is 9.59. The van der Waals surface area contributed by atoms with Crippen LogP contribution in [0.1, 0.15) is 36.8 Å². The molecular formula is C24H28N2O5S. The van der Waals surface area contributed by atoms with Crippen molar-refractivity contribution in [2.75, 3.05) is 31.0 Å². The van der Waals surface area contributed by atoms with Gasteiger partial charge in [0.25, 0.3) is 0 Å². The Hall–Kier alpha value is -3.02. The maximum atomic E-state index is 12.9. The Morgan fingerprint density at radius 2 is 1.75 bits per heavy atom. The number of carbonyl (C=O) groups is 1. The second-order valence-electron chi connectivity index (χ2n) is 7.63. The van der Waals surface area contributed by atoms with E-state index in [0.717, 1.165) is 11.1 Å². The minimum absolute atomic E-state index is 0.223. The summed E-state index contributed by atoms with van der Waals surface area (Å²) in [7, 11) is -0.669. The largest absolute Gasteiger partial charge is 0.469 e. The van der Waals surface area contributed by atoms with Crippen LogP contribution in [0.4, 0.5) is 11.4 Å². The predicted octanol–water partition coefficient (Wildman–Crippen LogP) is 3.58. The van der Waals surface area contributed by atoms with Gasteiger partial charge in [-0.3, -0.25) is 9.52 Å². The van der Waals surface area contributed by atoms with Crippen LogP contribution in [-0.4, -0.2) is 40.6 Å². The number of hydrogen-bond acceptors (Lipinski definition) is 6. The van der Waals surface area contributed by atoms with E-state index in [0.29, 0.717) is 37.1 Å². The topological polar surface area (TPSA) is 93.7 Å². The van der Waals surface area contributed by atoms with Crippen LogP contribution in [0.5, 0.6) is 0 Å². The van der Waals surface area contributed by atoms with Crippen LogP contribution in [0, 0.1) is 17.8 Å². The fraction of sp³-hybridized carbons (Fsp3) is 0.375. The van der Waals surface area contributed by atoms with Gasteiger partial charge in [0.15, 0.2) is 0 Å². The predicted molar refractivity (Wildman–Crippen MR) is 125 cm³/mol. The van der Waals surface area contributed by atoms with Crippen molar-refractivity contribution in [1.82, 2.24) is 0 Å². The molecule has 3 rings (SSSR count). The Bertz CT molecular complexity index is 1080. The number of anilines is 2. The van der Waals surface area contributed by atoms with Gasteiger partial charge in [0.1, 0.15) is 6.73 Å². The zero-order valence-electron chi connectivity index (χ0n) is 18.3. The lowest BCUT2D eigenvalue weighted by Gasteiger charge is -2.27. The average molecular weight is 457 g/mol. The third-order valence-corrected chi connectivity index (χ3v) is 7.32. The summed E-state index contributed by atoms with van der Waals surface area (Å²) in [5.41, 5.74) is 2.74. The summed E-state index contributed by atoms with van der Waals surface area (Å²) < 4.78 is 38.4. The Balaban J connectivity index is 1.75. The van der Waals surface area contributed by atoms with Crippen molar-refractivity contribution in [3.8, 4) is 11.8 Å². The summed E-state index contributed by atoms with van der Waals surface area (Å²) in [6, 6.07) is 14.8. The molecule has 1 saturated carbocycles. The van der Waals surface area contributed by atoms with Crippen molar-refractivity contribution >= 4 is 27.4 Å². The van der Waals surface area contributed by atoms with E-state index >= 15 is 0 Å². The molecular weight excluding hydrogens is 428 g/mol. The van der Waals surface area contributed by atoms with E-state index in [4.69, 9.17) is 9.47 Å². The van der Waals surface area contributed by atoms with Gasteiger partial charge in [0, 0.05) is 18.2 Å². The number of sulfonamides is 1. The molecule has 1 aliphatic rings. The van der Waals surface area contributed by atoms with Crippen molar-refractivity contribution in [3.05, 3.63) is 59.7 Å². The van der Waals surface area contributed by atoms with Gasteiger partial charge in [0.2, 0.25) is 10.0 Å². The molecule has 7 nitrogen and oxygen atoms in total. The van der Waals surface area contributed by atoms with Crippen molar-refractivity contribution in [2.24, 2.45) is 5.92 Å². The molecule has 0 bridgehead atoms. The highest BCUT2D eigenvalue weighted by atomic mass is 32.2. The van der Waals surface area contributed by atoms with Crippen LogP contribution in [0.2, 0.25) is 0 Å². The summed E-state index contributed by atoms with van der Waals surface area (Å²) in [6.07, 6.45) is 1.86. The molecule has 170 valence electrons. The zero-order valence-corrected chi connectivity index (χ0v) is 19.1. The lowest BCUT2D eigenvalue weighted by molar-refractivity contribution is -0.146. The van der Waals surface area contributed by atoms with Gasteiger partial charge in [-0.1, -0.05) is 30.0 Å². The van der Waals surface area contributed by atoms with E-state index in [1.54, 1.807) is 25.3 Å². The number of rotatable bonds is 7. The number of hydrogen-bond donors (Lipinski definition) is 2. The molecule has 0 heterocycles. The van der Waals surface area contributed by atoms with E-state index in [9.17, 15) is 13.2 Å². The molecule has 2 N–H and O–H groups in total. The first-order valence-corrected chi connectivity index (χ1v) is 12.0. The number of benzene rings is 2. The molecule has 0 atom stereocenters. The van der Waals surface area contributed by atoms with Gasteiger partial charge >= 0.3 is 5.97 Å². The Morgan fingerprint density at radius 1 is 1.03 bits per heavy atom. The van der Waals surface area contributed by atoms with Crippen LogP contribution in [-0.2, 0) is 24.3 Å². The molecule has 0 saturated heterocycles. The molecule has 0 spiro atoms. The minimum atomic E-state index is -3.59. The maximum Gasteiger partial charge on any atom is 0.308 e.